The lowest BCUT2D eigenvalue weighted by atomic mass is 10.1. The molecule has 0 fully saturated rings. The van der Waals surface area contributed by atoms with Gasteiger partial charge in [-0.3, -0.25) is 0 Å². The van der Waals surface area contributed by atoms with E-state index in [2.05, 4.69) is 27.2 Å². The topological polar surface area (TPSA) is 18.5 Å². The Bertz CT molecular complexity index is 1540. The van der Waals surface area contributed by atoms with E-state index >= 15 is 0 Å². The molecule has 224 valence electrons. The number of hydrogen-bond acceptors (Lipinski definition) is 2. The van der Waals surface area contributed by atoms with Crippen molar-refractivity contribution in [2.75, 3.05) is 0 Å². The van der Waals surface area contributed by atoms with E-state index in [-0.39, 0.29) is 22.6 Å². The molecular weight excluding hydrogens is 695 g/mol. The zero-order valence-corrected chi connectivity index (χ0v) is 24.1. The number of rotatable bonds is 6. The normalized spacial score (nSPS) is 9.91. The zero-order chi connectivity index (χ0) is 31.8. The molecule has 4 aromatic rings. The molecule has 0 atom stereocenters. The van der Waals surface area contributed by atoms with Gasteiger partial charge in [-0.2, -0.15) is 17.6 Å². The smallest absolute Gasteiger partial charge is 0.387 e. The van der Waals surface area contributed by atoms with Crippen LogP contribution in [0.4, 0.5) is 35.1 Å². The van der Waals surface area contributed by atoms with Crippen LogP contribution in [0.25, 0.3) is 0 Å². The highest BCUT2D eigenvalue weighted by molar-refractivity contribution is 14.1. The maximum absolute atomic E-state index is 13.1. The Morgan fingerprint density at radius 1 is 0.605 bits per heavy atom. The van der Waals surface area contributed by atoms with Crippen LogP contribution in [0.1, 0.15) is 27.8 Å². The van der Waals surface area contributed by atoms with Gasteiger partial charge in [0.2, 0.25) is 0 Å². The van der Waals surface area contributed by atoms with Gasteiger partial charge >= 0.3 is 13.2 Å². The van der Waals surface area contributed by atoms with E-state index in [0.29, 0.717) is 16.7 Å². The van der Waals surface area contributed by atoms with Crippen molar-refractivity contribution in [2.24, 2.45) is 0 Å². The van der Waals surface area contributed by atoms with E-state index in [9.17, 15) is 35.1 Å². The third-order valence-electron chi connectivity index (χ3n) is 5.02. The number of halogens is 9. The van der Waals surface area contributed by atoms with E-state index in [1.54, 1.807) is 6.07 Å². The number of alkyl halides is 6. The Morgan fingerprint density at radius 2 is 1.02 bits per heavy atom. The summed E-state index contributed by atoms with van der Waals surface area (Å²) in [4.78, 5) is 0. The molecule has 0 aliphatic carbocycles. The Kier molecular flexibility index (Phi) is 14.9. The summed E-state index contributed by atoms with van der Waals surface area (Å²) >= 11 is 2.01. The lowest BCUT2D eigenvalue weighted by molar-refractivity contribution is -0.0505. The second-order valence-electron chi connectivity index (χ2n) is 8.01. The second kappa shape index (κ2) is 18.3. The second-order valence-corrected chi connectivity index (χ2v) is 9.25. The summed E-state index contributed by atoms with van der Waals surface area (Å²) in [5.74, 6) is 6.96. The van der Waals surface area contributed by atoms with Crippen LogP contribution >= 0.6 is 22.6 Å². The third kappa shape index (κ3) is 13.1. The molecule has 0 N–H and O–H groups in total. The quantitative estimate of drug-likeness (QED) is 0.113. The highest BCUT2D eigenvalue weighted by Gasteiger charge is 2.04. The third-order valence-corrected chi connectivity index (χ3v) is 5.69. The molecule has 0 amide bonds. The predicted molar refractivity (Wildman–Crippen MR) is 155 cm³/mol. The molecule has 0 saturated heterocycles. The standard InChI is InChI=1S/C16H10F4O.C9H6F2O.C7H5F2I/c17-10-13-9-12(5-8-15(13)18)2-1-11-3-6-14(7-4-11)21-16(19)20;1-2-7-3-5-8(6-4-7)12-9(10)11;8-4-5-3-6(10)1-2-7(5)9/h3-9,16H,10H2;1,3-6,9H;1-3H,4H2. The van der Waals surface area contributed by atoms with E-state index in [1.165, 1.54) is 72.8 Å². The van der Waals surface area contributed by atoms with E-state index in [1.807, 2.05) is 22.6 Å². The summed E-state index contributed by atoms with van der Waals surface area (Å²) in [6.45, 7) is -7.30. The molecule has 0 saturated carbocycles. The molecule has 0 aliphatic rings. The summed E-state index contributed by atoms with van der Waals surface area (Å²) in [5.41, 5.74) is 1.76. The fourth-order valence-corrected chi connectivity index (χ4v) is 3.55. The highest BCUT2D eigenvalue weighted by atomic mass is 127. The average Bonchev–Trinajstić information content (AvgIpc) is 2.99. The largest absolute Gasteiger partial charge is 0.435 e. The van der Waals surface area contributed by atoms with Gasteiger partial charge in [0.15, 0.2) is 0 Å². The molecule has 0 radical (unpaired) electrons. The van der Waals surface area contributed by atoms with Crippen molar-refractivity contribution < 1.29 is 44.6 Å². The van der Waals surface area contributed by atoms with Gasteiger partial charge in [-0.05, 0) is 108 Å². The molecule has 0 heterocycles. The molecular formula is C32H21F8IO2. The van der Waals surface area contributed by atoms with Crippen LogP contribution in [0.15, 0.2) is 84.9 Å². The van der Waals surface area contributed by atoms with Crippen molar-refractivity contribution in [3.05, 3.63) is 128 Å². The Labute approximate surface area is 256 Å². The first-order valence-electron chi connectivity index (χ1n) is 12.0. The minimum Gasteiger partial charge on any atom is -0.435 e. The lowest BCUT2D eigenvalue weighted by Gasteiger charge is -2.03. The summed E-state index contributed by atoms with van der Waals surface area (Å²) in [6, 6.07) is 20.0. The summed E-state index contributed by atoms with van der Waals surface area (Å²) in [6.07, 6.45) is 5.06. The van der Waals surface area contributed by atoms with Gasteiger partial charge in [-0.15, -0.1) is 6.42 Å². The fraction of sp³-hybridized carbons (Fsp3) is 0.125. The van der Waals surface area contributed by atoms with Crippen LogP contribution in [-0.4, -0.2) is 13.2 Å². The van der Waals surface area contributed by atoms with Crippen LogP contribution in [0.2, 0.25) is 0 Å². The molecule has 43 heavy (non-hydrogen) atoms. The predicted octanol–water partition coefficient (Wildman–Crippen LogP) is 9.47. The minimum absolute atomic E-state index is 0.0389. The monoisotopic (exact) mass is 716 g/mol. The van der Waals surface area contributed by atoms with Crippen LogP contribution in [0.5, 0.6) is 11.5 Å². The molecule has 4 rings (SSSR count). The van der Waals surface area contributed by atoms with Crippen LogP contribution < -0.4 is 9.47 Å². The molecule has 2 nitrogen and oxygen atoms in total. The van der Waals surface area contributed by atoms with Crippen LogP contribution in [0, 0.1) is 39.4 Å². The van der Waals surface area contributed by atoms with Crippen molar-refractivity contribution in [3.8, 4) is 35.7 Å². The van der Waals surface area contributed by atoms with Crippen LogP contribution in [0.3, 0.4) is 0 Å². The first-order valence-corrected chi connectivity index (χ1v) is 13.0. The van der Waals surface area contributed by atoms with Gasteiger partial charge in [0.25, 0.3) is 0 Å². The van der Waals surface area contributed by atoms with E-state index in [0.717, 1.165) is 9.64 Å². The molecule has 0 spiro atoms. The van der Waals surface area contributed by atoms with Crippen molar-refractivity contribution in [3.63, 3.8) is 0 Å². The molecule has 0 bridgehead atoms. The minimum atomic E-state index is -2.87. The van der Waals surface area contributed by atoms with Gasteiger partial charge in [-0.25, -0.2) is 17.6 Å². The SMILES string of the molecule is C#Cc1ccc(OC(F)F)cc1.FCc1cc(C#Cc2ccc(OC(F)F)cc2)ccc1F.FCc1cc(I)ccc1F. The van der Waals surface area contributed by atoms with Gasteiger partial charge in [-0.1, -0.05) is 17.8 Å². The number of ether oxygens (including phenoxy) is 2. The van der Waals surface area contributed by atoms with Gasteiger partial charge < -0.3 is 9.47 Å². The maximum atomic E-state index is 13.1. The van der Waals surface area contributed by atoms with Crippen molar-refractivity contribution in [2.45, 2.75) is 26.6 Å². The van der Waals surface area contributed by atoms with Crippen molar-refractivity contribution >= 4 is 22.6 Å². The number of terminal acetylenes is 1. The number of benzene rings is 4. The highest BCUT2D eigenvalue weighted by Crippen LogP contribution is 2.16. The van der Waals surface area contributed by atoms with Crippen LogP contribution in [-0.2, 0) is 13.3 Å². The summed E-state index contributed by atoms with van der Waals surface area (Å²) in [7, 11) is 0. The van der Waals surface area contributed by atoms with Gasteiger partial charge in [0, 0.05) is 31.4 Å². The first-order chi connectivity index (χ1) is 20.5. The maximum Gasteiger partial charge on any atom is 0.387 e. The fourth-order valence-electron chi connectivity index (χ4n) is 3.00. The van der Waals surface area contributed by atoms with Gasteiger partial charge in [0.05, 0.1) is 0 Å². The Balaban J connectivity index is 0.000000248. The van der Waals surface area contributed by atoms with Gasteiger partial charge in [0.1, 0.15) is 36.5 Å². The molecule has 0 unspecified atom stereocenters. The number of hydrogen-bond donors (Lipinski definition) is 0. The molecule has 0 aliphatic heterocycles. The van der Waals surface area contributed by atoms with Crippen molar-refractivity contribution in [1.29, 1.82) is 0 Å². The zero-order valence-electron chi connectivity index (χ0n) is 21.9. The molecule has 11 heteroatoms. The van der Waals surface area contributed by atoms with E-state index < -0.39 is 38.2 Å². The Hall–Kier alpha value is -4.23. The summed E-state index contributed by atoms with van der Waals surface area (Å²) in [5, 5.41) is 0. The summed E-state index contributed by atoms with van der Waals surface area (Å²) < 4.78 is 107. The van der Waals surface area contributed by atoms with Crippen molar-refractivity contribution in [1.82, 2.24) is 0 Å². The van der Waals surface area contributed by atoms with E-state index in [4.69, 9.17) is 6.42 Å². The molecule has 0 aromatic heterocycles. The Morgan fingerprint density at radius 3 is 1.47 bits per heavy atom. The molecule has 4 aromatic carbocycles. The average molecular weight is 716 g/mol. The lowest BCUT2D eigenvalue weighted by Crippen LogP contribution is -2.01. The first kappa shape index (κ1) is 35.0.